The molecule has 0 amide bonds. The predicted molar refractivity (Wildman–Crippen MR) is 78.2 cm³/mol. The van der Waals surface area contributed by atoms with E-state index in [0.29, 0.717) is 19.3 Å². The van der Waals surface area contributed by atoms with Crippen molar-refractivity contribution in [2.24, 2.45) is 5.92 Å². The number of esters is 3. The van der Waals surface area contributed by atoms with E-state index < -0.39 is 36.6 Å². The lowest BCUT2D eigenvalue weighted by Crippen LogP contribution is -2.25. The number of ether oxygens (including phenoxy) is 3. The van der Waals surface area contributed by atoms with Crippen LogP contribution in [0.2, 0.25) is 0 Å². The zero-order valence-corrected chi connectivity index (χ0v) is 13.5. The molecule has 0 saturated heterocycles. The Balaban J connectivity index is 4.31. The van der Waals surface area contributed by atoms with Crippen LogP contribution in [0.4, 0.5) is 0 Å². The third-order valence-corrected chi connectivity index (χ3v) is 2.97. The van der Waals surface area contributed by atoms with E-state index in [0.717, 1.165) is 0 Å². The molecule has 0 saturated carbocycles. The third kappa shape index (κ3) is 11.1. The summed E-state index contributed by atoms with van der Waals surface area (Å²) in [5, 5.41) is 8.58. The van der Waals surface area contributed by atoms with Gasteiger partial charge in [-0.25, -0.2) is 0 Å². The van der Waals surface area contributed by atoms with Gasteiger partial charge in [0, 0.05) is 19.3 Å². The Kier molecular flexibility index (Phi) is 11.3. The van der Waals surface area contributed by atoms with Gasteiger partial charge in [0.05, 0.1) is 5.92 Å². The summed E-state index contributed by atoms with van der Waals surface area (Å²) in [5.41, 5.74) is 0. The van der Waals surface area contributed by atoms with Gasteiger partial charge in [-0.2, -0.15) is 0 Å². The summed E-state index contributed by atoms with van der Waals surface area (Å²) in [6.07, 6.45) is 1.57. The molecule has 0 aromatic carbocycles. The minimum Gasteiger partial charge on any atom is -0.481 e. The molecule has 0 bridgehead atoms. The summed E-state index contributed by atoms with van der Waals surface area (Å²) < 4.78 is 14.4. The Bertz CT molecular complexity index is 404. The molecule has 0 aliphatic carbocycles. The summed E-state index contributed by atoms with van der Waals surface area (Å²) in [7, 11) is 0. The van der Waals surface area contributed by atoms with Crippen LogP contribution in [0.1, 0.15) is 52.4 Å². The van der Waals surface area contributed by atoms with Gasteiger partial charge in [0.15, 0.2) is 0 Å². The van der Waals surface area contributed by atoms with E-state index in [1.54, 1.807) is 13.8 Å². The lowest BCUT2D eigenvalue weighted by Gasteiger charge is -2.16. The molecule has 0 fully saturated rings. The summed E-state index contributed by atoms with van der Waals surface area (Å²) in [6.45, 7) is 2.62. The van der Waals surface area contributed by atoms with Gasteiger partial charge in [-0.15, -0.1) is 0 Å². The molecule has 1 atom stereocenters. The molecule has 1 N–H and O–H groups in total. The predicted octanol–water partition coefficient (Wildman–Crippen LogP) is 1.65. The molecule has 132 valence electrons. The summed E-state index contributed by atoms with van der Waals surface area (Å²) >= 11 is 0. The third-order valence-electron chi connectivity index (χ3n) is 2.97. The minimum atomic E-state index is -0.909. The maximum Gasteiger partial charge on any atom is 0.315 e. The highest BCUT2D eigenvalue weighted by Crippen LogP contribution is 2.13. The largest absolute Gasteiger partial charge is 0.481 e. The number of hydrogen-bond acceptors (Lipinski definition) is 7. The maximum absolute atomic E-state index is 11.9. The van der Waals surface area contributed by atoms with E-state index in [4.69, 9.17) is 14.6 Å². The molecular formula is C15H24O8. The number of unbranched alkanes of at least 4 members (excludes halogenated alkanes) is 1. The maximum atomic E-state index is 11.9. The van der Waals surface area contributed by atoms with Gasteiger partial charge in [0.25, 0.3) is 0 Å². The van der Waals surface area contributed by atoms with Gasteiger partial charge in [0.2, 0.25) is 6.79 Å². The van der Waals surface area contributed by atoms with Crippen molar-refractivity contribution in [3.8, 4) is 0 Å². The SMILES string of the molecule is CCC(=O)OCOC(=O)C(CCCCC(=O)O)COC(=O)CC. The average molecular weight is 332 g/mol. The van der Waals surface area contributed by atoms with Crippen molar-refractivity contribution >= 4 is 23.9 Å². The fourth-order valence-electron chi connectivity index (χ4n) is 1.60. The Labute approximate surface area is 135 Å². The number of carbonyl (C=O) groups excluding carboxylic acids is 3. The second-order valence-corrected chi connectivity index (χ2v) is 4.82. The first-order valence-corrected chi connectivity index (χ1v) is 7.60. The van der Waals surface area contributed by atoms with Crippen LogP contribution in [0.15, 0.2) is 0 Å². The van der Waals surface area contributed by atoms with Crippen LogP contribution in [-0.2, 0) is 33.4 Å². The molecule has 1 unspecified atom stereocenters. The molecule has 8 heteroatoms. The first-order chi connectivity index (χ1) is 10.9. The van der Waals surface area contributed by atoms with Gasteiger partial charge in [-0.05, 0) is 12.8 Å². The summed E-state index contributed by atoms with van der Waals surface area (Å²) in [6, 6.07) is 0. The van der Waals surface area contributed by atoms with Crippen molar-refractivity contribution in [1.82, 2.24) is 0 Å². The van der Waals surface area contributed by atoms with Gasteiger partial charge in [0.1, 0.15) is 6.61 Å². The Morgan fingerprint density at radius 1 is 0.913 bits per heavy atom. The molecule has 0 heterocycles. The van der Waals surface area contributed by atoms with Crippen LogP contribution in [0.5, 0.6) is 0 Å². The molecule has 0 aliphatic heterocycles. The van der Waals surface area contributed by atoms with E-state index in [9.17, 15) is 19.2 Å². The van der Waals surface area contributed by atoms with Crippen LogP contribution in [0.3, 0.4) is 0 Å². The standard InChI is InChI=1S/C15H24O8/c1-3-13(18)21-9-11(7-5-6-8-12(16)17)15(20)23-10-22-14(19)4-2/h11H,3-10H2,1-2H3,(H,16,17). The van der Waals surface area contributed by atoms with Crippen molar-refractivity contribution in [1.29, 1.82) is 0 Å². The Morgan fingerprint density at radius 2 is 1.52 bits per heavy atom. The molecular weight excluding hydrogens is 308 g/mol. The molecule has 0 aromatic heterocycles. The normalized spacial score (nSPS) is 11.4. The average Bonchev–Trinajstić information content (AvgIpc) is 2.52. The van der Waals surface area contributed by atoms with Crippen LogP contribution in [0, 0.1) is 5.92 Å². The monoisotopic (exact) mass is 332 g/mol. The van der Waals surface area contributed by atoms with Gasteiger partial charge >= 0.3 is 23.9 Å². The van der Waals surface area contributed by atoms with Gasteiger partial charge in [-0.1, -0.05) is 20.3 Å². The second-order valence-electron chi connectivity index (χ2n) is 4.82. The zero-order valence-electron chi connectivity index (χ0n) is 13.5. The first-order valence-electron chi connectivity index (χ1n) is 7.60. The van der Waals surface area contributed by atoms with Crippen LogP contribution < -0.4 is 0 Å². The second kappa shape index (κ2) is 12.4. The first kappa shape index (κ1) is 20.9. The van der Waals surface area contributed by atoms with Gasteiger partial charge in [-0.3, -0.25) is 19.2 Å². The molecule has 23 heavy (non-hydrogen) atoms. The van der Waals surface area contributed by atoms with Crippen molar-refractivity contribution in [3.63, 3.8) is 0 Å². The molecule has 8 nitrogen and oxygen atoms in total. The number of aliphatic carboxylic acids is 1. The fraction of sp³-hybridized carbons (Fsp3) is 0.733. The zero-order chi connectivity index (χ0) is 17.7. The number of carboxylic acids is 1. The summed E-state index contributed by atoms with van der Waals surface area (Å²) in [5.74, 6) is -3.19. The van der Waals surface area contributed by atoms with Crippen molar-refractivity contribution in [3.05, 3.63) is 0 Å². The van der Waals surface area contributed by atoms with Crippen molar-refractivity contribution in [2.75, 3.05) is 13.4 Å². The Morgan fingerprint density at radius 3 is 2.09 bits per heavy atom. The van der Waals surface area contributed by atoms with E-state index in [2.05, 4.69) is 4.74 Å². The van der Waals surface area contributed by atoms with Crippen LogP contribution in [-0.4, -0.2) is 42.4 Å². The summed E-state index contributed by atoms with van der Waals surface area (Å²) in [4.78, 5) is 44.5. The van der Waals surface area contributed by atoms with E-state index in [-0.39, 0.29) is 25.9 Å². The van der Waals surface area contributed by atoms with Crippen LogP contribution >= 0.6 is 0 Å². The Hall–Kier alpha value is -2.12. The lowest BCUT2D eigenvalue weighted by molar-refractivity contribution is -0.171. The van der Waals surface area contributed by atoms with Gasteiger partial charge < -0.3 is 19.3 Å². The highest BCUT2D eigenvalue weighted by molar-refractivity contribution is 5.74. The molecule has 0 spiro atoms. The lowest BCUT2D eigenvalue weighted by atomic mass is 10.0. The highest BCUT2D eigenvalue weighted by Gasteiger charge is 2.22. The number of hydrogen-bond donors (Lipinski definition) is 1. The molecule has 0 aromatic rings. The number of carboxylic acid groups (broad SMARTS) is 1. The molecule has 0 rings (SSSR count). The van der Waals surface area contributed by atoms with Crippen molar-refractivity contribution < 1.29 is 38.5 Å². The molecule has 0 radical (unpaired) electrons. The molecule has 0 aliphatic rings. The number of carbonyl (C=O) groups is 4. The smallest absolute Gasteiger partial charge is 0.315 e. The van der Waals surface area contributed by atoms with E-state index in [1.807, 2.05) is 0 Å². The topological polar surface area (TPSA) is 116 Å². The fourth-order valence-corrected chi connectivity index (χ4v) is 1.60. The number of rotatable bonds is 12. The minimum absolute atomic E-state index is 0.00459. The quantitative estimate of drug-likeness (QED) is 0.326. The van der Waals surface area contributed by atoms with Crippen molar-refractivity contribution in [2.45, 2.75) is 52.4 Å². The van der Waals surface area contributed by atoms with E-state index >= 15 is 0 Å². The van der Waals surface area contributed by atoms with E-state index in [1.165, 1.54) is 0 Å². The van der Waals surface area contributed by atoms with Crippen LogP contribution in [0.25, 0.3) is 0 Å². The highest BCUT2D eigenvalue weighted by atomic mass is 16.7.